The van der Waals surface area contributed by atoms with Gasteiger partial charge in [-0.05, 0) is 0 Å². The van der Waals surface area contributed by atoms with E-state index in [1.54, 1.807) is 22.6 Å². The fourth-order valence-electron chi connectivity index (χ4n) is 0.0621. The molecule has 6 heteroatoms. The monoisotopic (exact) mass is 237 g/mol. The maximum atomic E-state index is 9.78. The molecule has 0 spiro atoms. The Morgan fingerprint density at radius 3 is 2.14 bits per heavy atom. The third-order valence-corrected chi connectivity index (χ3v) is 1.39. The lowest BCUT2D eigenvalue weighted by Crippen LogP contribution is -2.14. The minimum atomic E-state index is -3.68. The topological polar surface area (TPSA) is 69.4 Å². The van der Waals surface area contributed by atoms with Gasteiger partial charge in [0.05, 0.1) is 0 Å². The lowest BCUT2D eigenvalue weighted by Gasteiger charge is -1.89. The highest BCUT2D eigenvalue weighted by Crippen LogP contribution is 1.86. The average Bonchev–Trinajstić information content (AvgIpc) is 1.30. The van der Waals surface area contributed by atoms with E-state index in [-0.39, 0.29) is 4.61 Å². The van der Waals surface area contributed by atoms with Gasteiger partial charge in [0.2, 0.25) is 0 Å². The zero-order valence-corrected chi connectivity index (χ0v) is 6.27. The van der Waals surface area contributed by atoms with Crippen LogP contribution in [0.2, 0.25) is 0 Å². The predicted octanol–water partition coefficient (Wildman–Crippen LogP) is -0.401. The molecule has 0 aromatic carbocycles. The SMILES string of the molecule is NS(=O)(=O)OCI. The molecule has 0 radical (unpaired) electrons. The fourth-order valence-corrected chi connectivity index (χ4v) is 1.25. The van der Waals surface area contributed by atoms with Crippen molar-refractivity contribution in [3.05, 3.63) is 0 Å². The smallest absolute Gasteiger partial charge is 0.248 e. The van der Waals surface area contributed by atoms with Crippen molar-refractivity contribution in [1.82, 2.24) is 0 Å². The Hall–Kier alpha value is 0.600. The molecule has 7 heavy (non-hydrogen) atoms. The zero-order chi connectivity index (χ0) is 5.91. The van der Waals surface area contributed by atoms with Gasteiger partial charge in [-0.3, -0.25) is 0 Å². The van der Waals surface area contributed by atoms with E-state index in [1.165, 1.54) is 0 Å². The lowest BCUT2D eigenvalue weighted by atomic mass is 11.8. The number of halogens is 1. The first-order chi connectivity index (χ1) is 3.06. The van der Waals surface area contributed by atoms with Crippen molar-refractivity contribution in [2.75, 3.05) is 4.61 Å². The lowest BCUT2D eigenvalue weighted by molar-refractivity contribution is 0.391. The van der Waals surface area contributed by atoms with Crippen LogP contribution in [-0.2, 0) is 14.5 Å². The molecular formula is CH4INO3S. The second kappa shape index (κ2) is 2.80. The second-order valence-corrected chi connectivity index (χ2v) is 2.56. The molecule has 0 heterocycles. The van der Waals surface area contributed by atoms with Crippen LogP contribution in [0.3, 0.4) is 0 Å². The number of nitrogens with two attached hydrogens (primary N) is 1. The molecule has 0 aliphatic heterocycles. The van der Waals surface area contributed by atoms with Gasteiger partial charge in [-0.2, -0.15) is 8.42 Å². The summed E-state index contributed by atoms with van der Waals surface area (Å²) >= 11 is 1.73. The van der Waals surface area contributed by atoms with Gasteiger partial charge >= 0.3 is 10.3 Å². The molecule has 0 amide bonds. The summed E-state index contributed by atoms with van der Waals surface area (Å²) in [6.45, 7) is 0. The molecule has 44 valence electrons. The summed E-state index contributed by atoms with van der Waals surface area (Å²) in [6, 6.07) is 0. The van der Waals surface area contributed by atoms with Crippen molar-refractivity contribution < 1.29 is 12.6 Å². The van der Waals surface area contributed by atoms with E-state index in [9.17, 15) is 8.42 Å². The third kappa shape index (κ3) is 6.60. The quantitative estimate of drug-likeness (QED) is 0.524. The summed E-state index contributed by atoms with van der Waals surface area (Å²) in [5.74, 6) is 0. The average molecular weight is 237 g/mol. The number of alkyl halides is 1. The van der Waals surface area contributed by atoms with Gasteiger partial charge in [0, 0.05) is 0 Å². The molecular weight excluding hydrogens is 233 g/mol. The molecule has 0 aliphatic carbocycles. The molecule has 0 aromatic heterocycles. The first-order valence-corrected chi connectivity index (χ1v) is 4.29. The third-order valence-electron chi connectivity index (χ3n) is 0.209. The second-order valence-electron chi connectivity index (χ2n) is 0.720. The van der Waals surface area contributed by atoms with Gasteiger partial charge in [0.15, 0.2) is 0 Å². The van der Waals surface area contributed by atoms with Crippen LogP contribution in [-0.4, -0.2) is 13.0 Å². The Labute approximate surface area is 55.4 Å². The van der Waals surface area contributed by atoms with Crippen LogP contribution < -0.4 is 5.14 Å². The zero-order valence-electron chi connectivity index (χ0n) is 3.30. The van der Waals surface area contributed by atoms with Crippen LogP contribution in [0.5, 0.6) is 0 Å². The van der Waals surface area contributed by atoms with Gasteiger partial charge in [-0.25, -0.2) is 9.32 Å². The normalized spacial score (nSPS) is 11.7. The van der Waals surface area contributed by atoms with E-state index in [4.69, 9.17) is 0 Å². The Morgan fingerprint density at radius 2 is 2.14 bits per heavy atom. The molecule has 0 aliphatic rings. The van der Waals surface area contributed by atoms with E-state index >= 15 is 0 Å². The highest BCUT2D eigenvalue weighted by atomic mass is 127. The van der Waals surface area contributed by atoms with Gasteiger partial charge in [-0.1, -0.05) is 22.6 Å². The standard InChI is InChI=1S/CH4INO3S/c2-1-6-7(3,4)5/h1H2,(H2,3,4,5). The van der Waals surface area contributed by atoms with Gasteiger partial charge < -0.3 is 0 Å². The van der Waals surface area contributed by atoms with E-state index in [0.717, 1.165) is 0 Å². The maximum absolute atomic E-state index is 9.78. The number of hydrogen-bond donors (Lipinski definition) is 1. The van der Waals surface area contributed by atoms with Crippen LogP contribution in [0, 0.1) is 0 Å². The Balaban J connectivity index is 3.60. The molecule has 0 fully saturated rings. The molecule has 0 rings (SSSR count). The van der Waals surface area contributed by atoms with Gasteiger partial charge in [0.1, 0.15) is 4.61 Å². The van der Waals surface area contributed by atoms with Crippen LogP contribution >= 0.6 is 22.6 Å². The number of rotatable bonds is 2. The van der Waals surface area contributed by atoms with Crippen molar-refractivity contribution in [2.45, 2.75) is 0 Å². The van der Waals surface area contributed by atoms with Crippen LogP contribution in [0.1, 0.15) is 0 Å². The van der Waals surface area contributed by atoms with Crippen LogP contribution in [0.15, 0.2) is 0 Å². The van der Waals surface area contributed by atoms with Gasteiger partial charge in [-0.15, -0.1) is 0 Å². The molecule has 0 aromatic rings. The largest absolute Gasteiger partial charge is 0.334 e. The minimum absolute atomic E-state index is 0.0661. The highest BCUT2D eigenvalue weighted by molar-refractivity contribution is 14.1. The summed E-state index contributed by atoms with van der Waals surface area (Å²) in [5, 5.41) is 4.39. The summed E-state index contributed by atoms with van der Waals surface area (Å²) in [6.07, 6.45) is 0. The van der Waals surface area contributed by atoms with Crippen LogP contribution in [0.4, 0.5) is 0 Å². The van der Waals surface area contributed by atoms with E-state index < -0.39 is 10.3 Å². The first-order valence-electron chi connectivity index (χ1n) is 1.29. The number of hydrogen-bond acceptors (Lipinski definition) is 3. The molecule has 0 bridgehead atoms. The predicted molar refractivity (Wildman–Crippen MR) is 33.1 cm³/mol. The Kier molecular flexibility index (Phi) is 3.04. The fraction of sp³-hybridized carbons (Fsp3) is 1.00. The van der Waals surface area contributed by atoms with Crippen molar-refractivity contribution in [3.63, 3.8) is 0 Å². The highest BCUT2D eigenvalue weighted by Gasteiger charge is 1.96. The van der Waals surface area contributed by atoms with Crippen molar-refractivity contribution in [1.29, 1.82) is 0 Å². The molecule has 0 atom stereocenters. The first kappa shape index (κ1) is 7.60. The molecule has 0 saturated carbocycles. The van der Waals surface area contributed by atoms with Crippen LogP contribution in [0.25, 0.3) is 0 Å². The Bertz CT molecular complexity index is 128. The van der Waals surface area contributed by atoms with Crippen molar-refractivity contribution in [3.8, 4) is 0 Å². The maximum Gasteiger partial charge on any atom is 0.334 e. The summed E-state index contributed by atoms with van der Waals surface area (Å²) in [7, 11) is -3.68. The molecule has 0 unspecified atom stereocenters. The van der Waals surface area contributed by atoms with E-state index in [2.05, 4.69) is 9.32 Å². The van der Waals surface area contributed by atoms with Crippen molar-refractivity contribution >= 4 is 32.9 Å². The summed E-state index contributed by atoms with van der Waals surface area (Å²) in [4.78, 5) is 0. The summed E-state index contributed by atoms with van der Waals surface area (Å²) < 4.78 is 23.6. The molecule has 4 nitrogen and oxygen atoms in total. The Morgan fingerprint density at radius 1 is 1.71 bits per heavy atom. The van der Waals surface area contributed by atoms with Crippen molar-refractivity contribution in [2.24, 2.45) is 5.14 Å². The molecule has 2 N–H and O–H groups in total. The summed E-state index contributed by atoms with van der Waals surface area (Å²) in [5.41, 5.74) is 0. The van der Waals surface area contributed by atoms with Gasteiger partial charge in [0.25, 0.3) is 0 Å². The van der Waals surface area contributed by atoms with E-state index in [1.807, 2.05) is 0 Å². The van der Waals surface area contributed by atoms with E-state index in [0.29, 0.717) is 0 Å². The minimum Gasteiger partial charge on any atom is -0.248 e. The molecule has 0 saturated heterocycles.